The lowest BCUT2D eigenvalue weighted by atomic mass is 9.69. The van der Waals surface area contributed by atoms with Crippen molar-refractivity contribution in [2.24, 2.45) is 22.2 Å². The van der Waals surface area contributed by atoms with E-state index < -0.39 is 5.66 Å². The Morgan fingerprint density at radius 1 is 1.07 bits per heavy atom. The van der Waals surface area contributed by atoms with Gasteiger partial charge in [-0.3, -0.25) is 14.6 Å². The number of aromatic nitrogens is 4. The number of carbonyl (C=O) groups is 2. The zero-order chi connectivity index (χ0) is 30.8. The van der Waals surface area contributed by atoms with Crippen LogP contribution in [0.4, 0.5) is 4.39 Å². The van der Waals surface area contributed by atoms with Crippen LogP contribution in [0, 0.1) is 23.1 Å². The summed E-state index contributed by atoms with van der Waals surface area (Å²) < 4.78 is 13.8. The number of H-pyrrole nitrogens is 1. The van der Waals surface area contributed by atoms with E-state index in [4.69, 9.17) is 4.99 Å². The number of carbonyl (C=O) groups excluding carboxylic acids is 2. The molecule has 5 rings (SSSR count). The molecule has 0 saturated heterocycles. The first kappa shape index (κ1) is 30.5. The van der Waals surface area contributed by atoms with Crippen LogP contribution in [0.3, 0.4) is 0 Å². The van der Waals surface area contributed by atoms with Crippen LogP contribution in [-0.4, -0.2) is 48.7 Å². The van der Waals surface area contributed by atoms with E-state index >= 15 is 0 Å². The van der Waals surface area contributed by atoms with Crippen molar-refractivity contribution in [3.63, 3.8) is 0 Å². The minimum Gasteiger partial charge on any atom is -0.345 e. The molecule has 2 aliphatic rings. The maximum Gasteiger partial charge on any atom is 0.275 e. The predicted octanol–water partition coefficient (Wildman–Crippen LogP) is 6.01. The highest BCUT2D eigenvalue weighted by atomic mass is 19.1. The third-order valence-corrected chi connectivity index (χ3v) is 9.00. The van der Waals surface area contributed by atoms with Crippen LogP contribution in [0.2, 0.25) is 0 Å². The number of halogens is 1. The molecule has 2 N–H and O–H groups in total. The van der Waals surface area contributed by atoms with Gasteiger partial charge in [-0.25, -0.2) is 4.39 Å². The second kappa shape index (κ2) is 12.3. The first-order valence-electron chi connectivity index (χ1n) is 15.3. The summed E-state index contributed by atoms with van der Waals surface area (Å²) in [6, 6.07) is 13.3. The fourth-order valence-electron chi connectivity index (χ4n) is 6.45. The Hall–Kier alpha value is -3.95. The van der Waals surface area contributed by atoms with E-state index in [0.29, 0.717) is 34.5 Å². The highest BCUT2D eigenvalue weighted by molar-refractivity contribution is 6.46. The van der Waals surface area contributed by atoms with Crippen molar-refractivity contribution in [2.45, 2.75) is 91.4 Å². The molecule has 1 saturated carbocycles. The lowest BCUT2D eigenvalue weighted by molar-refractivity contribution is -0.133. The third-order valence-electron chi connectivity index (χ3n) is 9.00. The summed E-state index contributed by atoms with van der Waals surface area (Å²) >= 11 is 0. The minimum absolute atomic E-state index is 0.114. The van der Waals surface area contributed by atoms with Gasteiger partial charge >= 0.3 is 0 Å². The van der Waals surface area contributed by atoms with Crippen molar-refractivity contribution in [1.29, 1.82) is 0 Å². The molecule has 9 nitrogen and oxygen atoms in total. The Bertz CT molecular complexity index is 1440. The molecule has 0 bridgehead atoms. The molecule has 1 aliphatic heterocycles. The van der Waals surface area contributed by atoms with Gasteiger partial charge in [0.1, 0.15) is 17.2 Å². The van der Waals surface area contributed by atoms with Crippen molar-refractivity contribution >= 4 is 17.5 Å². The van der Waals surface area contributed by atoms with Gasteiger partial charge in [0.25, 0.3) is 11.8 Å². The molecule has 228 valence electrons. The van der Waals surface area contributed by atoms with Crippen LogP contribution in [0.15, 0.2) is 53.5 Å². The maximum absolute atomic E-state index is 14.4. The standard InChI is InChI=1S/C33H42FN7O2/c1-21(2)6-15-27(22-7-9-24(10-8-22)30(42)35-20-28-37-39-40-38-28)41-31(43)29(23-11-13-26(34)14-12-23)36-33(41)18-16-25(17-19-33)32(3,4)5/h7-14,21,25,27H,6,15-20H2,1-5H3,(H,35,42)(H,37,38,39,40)/t25?,27-,33?/m1/s1. The molecular weight excluding hydrogens is 545 g/mol. The van der Waals surface area contributed by atoms with Crippen LogP contribution in [0.5, 0.6) is 0 Å². The second-order valence-corrected chi connectivity index (χ2v) is 13.4. The van der Waals surface area contributed by atoms with Gasteiger partial charge in [-0.2, -0.15) is 5.21 Å². The van der Waals surface area contributed by atoms with E-state index in [1.165, 1.54) is 12.1 Å². The van der Waals surface area contributed by atoms with Gasteiger partial charge in [-0.1, -0.05) is 52.0 Å². The predicted molar refractivity (Wildman–Crippen MR) is 163 cm³/mol. The van der Waals surface area contributed by atoms with E-state index in [1.54, 1.807) is 24.3 Å². The molecule has 0 radical (unpaired) electrons. The average molecular weight is 588 g/mol. The molecule has 3 aromatic rings. The summed E-state index contributed by atoms with van der Waals surface area (Å²) in [5.74, 6) is 0.681. The van der Waals surface area contributed by atoms with Gasteiger partial charge in [0.2, 0.25) is 0 Å². The number of aliphatic imine (C=N–C) groups is 1. The molecule has 43 heavy (non-hydrogen) atoms. The molecule has 1 spiro atoms. The topological polar surface area (TPSA) is 116 Å². The fraction of sp³-hybridized carbons (Fsp3) is 0.515. The second-order valence-electron chi connectivity index (χ2n) is 13.4. The van der Waals surface area contributed by atoms with Crippen molar-refractivity contribution in [2.75, 3.05) is 0 Å². The number of aromatic amines is 1. The van der Waals surface area contributed by atoms with Crippen LogP contribution >= 0.6 is 0 Å². The Kier molecular flexibility index (Phi) is 8.76. The lowest BCUT2D eigenvalue weighted by Crippen LogP contribution is -2.51. The monoisotopic (exact) mass is 587 g/mol. The fourth-order valence-corrected chi connectivity index (χ4v) is 6.45. The average Bonchev–Trinajstić information content (AvgIpc) is 3.59. The highest BCUT2D eigenvalue weighted by Crippen LogP contribution is 2.50. The molecular formula is C33H42FN7O2. The Labute approximate surface area is 252 Å². The Morgan fingerprint density at radius 3 is 2.33 bits per heavy atom. The molecule has 1 aliphatic carbocycles. The van der Waals surface area contributed by atoms with Gasteiger partial charge < -0.3 is 10.2 Å². The normalized spacial score (nSPS) is 21.4. The summed E-state index contributed by atoms with van der Waals surface area (Å²) in [5, 5.41) is 16.4. The number of benzene rings is 2. The van der Waals surface area contributed by atoms with E-state index in [1.807, 2.05) is 17.0 Å². The molecule has 2 amide bonds. The number of nitrogens with zero attached hydrogens (tertiary/aromatic N) is 5. The van der Waals surface area contributed by atoms with Crippen LogP contribution < -0.4 is 5.32 Å². The van der Waals surface area contributed by atoms with Gasteiger partial charge in [0.05, 0.1) is 12.6 Å². The third kappa shape index (κ3) is 6.68. The zero-order valence-corrected chi connectivity index (χ0v) is 25.7. The SMILES string of the molecule is CC(C)CC[C@H](c1ccc(C(=O)NCc2nn[nH]n2)cc1)N1C(=O)C(c2ccc(F)cc2)=NC12CCC(C(C)(C)C)CC2. The number of hydrogen-bond acceptors (Lipinski definition) is 6. The summed E-state index contributed by atoms with van der Waals surface area (Å²) in [7, 11) is 0. The van der Waals surface area contributed by atoms with Crippen LogP contribution in [0.25, 0.3) is 0 Å². The maximum atomic E-state index is 14.4. The van der Waals surface area contributed by atoms with Crippen LogP contribution in [-0.2, 0) is 11.3 Å². The molecule has 0 unspecified atom stereocenters. The largest absolute Gasteiger partial charge is 0.345 e. The summed E-state index contributed by atoms with van der Waals surface area (Å²) in [5.41, 5.74) is 2.03. The first-order valence-corrected chi connectivity index (χ1v) is 15.3. The smallest absolute Gasteiger partial charge is 0.275 e. The molecule has 10 heteroatoms. The van der Waals surface area contributed by atoms with E-state index in [9.17, 15) is 14.0 Å². The number of hydrogen-bond donors (Lipinski definition) is 2. The highest BCUT2D eigenvalue weighted by Gasteiger charge is 2.52. The van der Waals surface area contributed by atoms with Gasteiger partial charge in [-0.05, 0) is 97.7 Å². The van der Waals surface area contributed by atoms with Crippen molar-refractivity contribution < 1.29 is 14.0 Å². The van der Waals surface area contributed by atoms with E-state index in [2.05, 4.69) is 60.6 Å². The molecule has 1 aromatic heterocycles. The van der Waals surface area contributed by atoms with Crippen LogP contribution in [0.1, 0.15) is 106 Å². The quantitative estimate of drug-likeness (QED) is 0.318. The number of nitrogens with one attached hydrogen (secondary N) is 2. The van der Waals surface area contributed by atoms with Gasteiger partial charge in [0, 0.05) is 11.1 Å². The number of rotatable bonds is 9. The summed E-state index contributed by atoms with van der Waals surface area (Å²) in [6.07, 6.45) is 5.20. The van der Waals surface area contributed by atoms with Crippen molar-refractivity contribution in [1.82, 2.24) is 30.8 Å². The number of tetrazole rings is 1. The Balaban J connectivity index is 1.47. The summed E-state index contributed by atoms with van der Waals surface area (Å²) in [4.78, 5) is 34.4. The van der Waals surface area contributed by atoms with E-state index in [0.717, 1.165) is 44.1 Å². The van der Waals surface area contributed by atoms with Gasteiger partial charge in [-0.15, -0.1) is 10.2 Å². The first-order chi connectivity index (χ1) is 20.5. The lowest BCUT2D eigenvalue weighted by Gasteiger charge is -2.47. The molecule has 1 atom stereocenters. The van der Waals surface area contributed by atoms with Crippen molar-refractivity contribution in [3.05, 3.63) is 76.9 Å². The summed E-state index contributed by atoms with van der Waals surface area (Å²) in [6.45, 7) is 11.4. The number of amides is 2. The Morgan fingerprint density at radius 2 is 1.74 bits per heavy atom. The molecule has 2 aromatic carbocycles. The zero-order valence-electron chi connectivity index (χ0n) is 25.7. The van der Waals surface area contributed by atoms with E-state index in [-0.39, 0.29) is 35.6 Å². The molecule has 1 fully saturated rings. The van der Waals surface area contributed by atoms with Gasteiger partial charge in [0.15, 0.2) is 5.82 Å². The van der Waals surface area contributed by atoms with Crippen molar-refractivity contribution in [3.8, 4) is 0 Å². The molecule has 2 heterocycles. The minimum atomic E-state index is -0.662.